The van der Waals surface area contributed by atoms with E-state index in [2.05, 4.69) is 25.3 Å². The van der Waals surface area contributed by atoms with Gasteiger partial charge in [-0.15, -0.1) is 23.4 Å². The molecule has 0 spiro atoms. The highest BCUT2D eigenvalue weighted by Gasteiger charge is 2.16. The van der Waals surface area contributed by atoms with Gasteiger partial charge in [0.15, 0.2) is 0 Å². The summed E-state index contributed by atoms with van der Waals surface area (Å²) < 4.78 is 5.23. The SMILES string of the molecule is COc1ccc(C(Cl)c2ccccc2SC)c(C)c1. The van der Waals surface area contributed by atoms with Crippen molar-refractivity contribution >= 4 is 23.4 Å². The Balaban J connectivity index is 2.41. The van der Waals surface area contributed by atoms with Crippen molar-refractivity contribution in [3.63, 3.8) is 0 Å². The number of aryl methyl sites for hydroxylation is 1. The van der Waals surface area contributed by atoms with Gasteiger partial charge >= 0.3 is 0 Å². The molecule has 0 aromatic heterocycles. The monoisotopic (exact) mass is 292 g/mol. The van der Waals surface area contributed by atoms with E-state index in [-0.39, 0.29) is 5.38 Å². The first-order valence-corrected chi connectivity index (χ1v) is 7.75. The molecular weight excluding hydrogens is 276 g/mol. The Morgan fingerprint density at radius 3 is 2.47 bits per heavy atom. The molecule has 3 heteroatoms. The summed E-state index contributed by atoms with van der Waals surface area (Å²) in [5, 5.41) is -0.130. The highest BCUT2D eigenvalue weighted by molar-refractivity contribution is 7.98. The molecule has 2 rings (SSSR count). The molecule has 0 amide bonds. The second-order valence-electron chi connectivity index (χ2n) is 4.33. The topological polar surface area (TPSA) is 9.23 Å². The maximum atomic E-state index is 6.66. The van der Waals surface area contributed by atoms with E-state index < -0.39 is 0 Å². The highest BCUT2D eigenvalue weighted by Crippen LogP contribution is 2.36. The molecular formula is C16H17ClOS. The standard InChI is InChI=1S/C16H17ClOS/c1-11-10-12(18-2)8-9-13(11)16(17)14-6-4-5-7-15(14)19-3/h4-10,16H,1-3H3. The number of rotatable bonds is 4. The van der Waals surface area contributed by atoms with Crippen molar-refractivity contribution in [2.75, 3.05) is 13.4 Å². The second kappa shape index (κ2) is 6.36. The smallest absolute Gasteiger partial charge is 0.119 e. The van der Waals surface area contributed by atoms with Crippen LogP contribution in [0.15, 0.2) is 47.4 Å². The Labute approximate surface area is 123 Å². The number of thioether (sulfide) groups is 1. The molecule has 19 heavy (non-hydrogen) atoms. The van der Waals surface area contributed by atoms with Crippen LogP contribution in [0.3, 0.4) is 0 Å². The van der Waals surface area contributed by atoms with Gasteiger partial charge in [0.05, 0.1) is 12.5 Å². The first-order valence-electron chi connectivity index (χ1n) is 6.09. The molecule has 1 atom stereocenters. The van der Waals surface area contributed by atoms with Gasteiger partial charge in [-0.05, 0) is 48.1 Å². The minimum Gasteiger partial charge on any atom is -0.497 e. The first kappa shape index (κ1) is 14.3. The molecule has 0 saturated carbocycles. The van der Waals surface area contributed by atoms with Crippen LogP contribution in [0.2, 0.25) is 0 Å². The van der Waals surface area contributed by atoms with Crippen LogP contribution in [0.25, 0.3) is 0 Å². The molecule has 1 nitrogen and oxygen atoms in total. The molecule has 2 aromatic carbocycles. The fraction of sp³-hybridized carbons (Fsp3) is 0.250. The van der Waals surface area contributed by atoms with Gasteiger partial charge in [-0.1, -0.05) is 24.3 Å². The molecule has 0 saturated heterocycles. The van der Waals surface area contributed by atoms with Crippen LogP contribution in [0.5, 0.6) is 5.75 Å². The summed E-state index contributed by atoms with van der Waals surface area (Å²) in [5.74, 6) is 0.864. The van der Waals surface area contributed by atoms with Crippen molar-refractivity contribution < 1.29 is 4.74 Å². The van der Waals surface area contributed by atoms with E-state index in [1.54, 1.807) is 18.9 Å². The van der Waals surface area contributed by atoms with E-state index >= 15 is 0 Å². The summed E-state index contributed by atoms with van der Waals surface area (Å²) in [6, 6.07) is 14.3. The average molecular weight is 293 g/mol. The van der Waals surface area contributed by atoms with Crippen LogP contribution in [0.1, 0.15) is 22.1 Å². The molecule has 1 unspecified atom stereocenters. The summed E-state index contributed by atoms with van der Waals surface area (Å²) in [7, 11) is 1.68. The Bertz CT molecular complexity index is 568. The minimum atomic E-state index is -0.130. The number of alkyl halides is 1. The van der Waals surface area contributed by atoms with Crippen LogP contribution >= 0.6 is 23.4 Å². The molecule has 0 bridgehead atoms. The zero-order valence-corrected chi connectivity index (χ0v) is 12.9. The highest BCUT2D eigenvalue weighted by atomic mass is 35.5. The fourth-order valence-electron chi connectivity index (χ4n) is 2.10. The lowest BCUT2D eigenvalue weighted by Gasteiger charge is -2.16. The summed E-state index contributed by atoms with van der Waals surface area (Å²) in [6.45, 7) is 2.06. The molecule has 100 valence electrons. The Morgan fingerprint density at radius 1 is 1.11 bits per heavy atom. The summed E-state index contributed by atoms with van der Waals surface area (Å²) in [5.41, 5.74) is 3.43. The van der Waals surface area contributed by atoms with Crippen molar-refractivity contribution in [1.29, 1.82) is 0 Å². The van der Waals surface area contributed by atoms with Crippen molar-refractivity contribution in [1.82, 2.24) is 0 Å². The van der Waals surface area contributed by atoms with Crippen LogP contribution in [-0.2, 0) is 0 Å². The molecule has 0 aliphatic rings. The Kier molecular flexibility index (Phi) is 4.78. The molecule has 0 aliphatic heterocycles. The average Bonchev–Trinajstić information content (AvgIpc) is 2.46. The lowest BCUT2D eigenvalue weighted by Crippen LogP contribution is -1.98. The third-order valence-corrected chi connectivity index (χ3v) is 4.44. The summed E-state index contributed by atoms with van der Waals surface area (Å²) >= 11 is 8.38. The lowest BCUT2D eigenvalue weighted by molar-refractivity contribution is 0.414. The van der Waals surface area contributed by atoms with Gasteiger partial charge in [-0.25, -0.2) is 0 Å². The molecule has 0 heterocycles. The van der Waals surface area contributed by atoms with Gasteiger partial charge in [0, 0.05) is 4.90 Å². The van der Waals surface area contributed by atoms with Gasteiger partial charge < -0.3 is 4.74 Å². The molecule has 0 N–H and O–H groups in total. The minimum absolute atomic E-state index is 0.130. The lowest BCUT2D eigenvalue weighted by atomic mass is 10.00. The number of ether oxygens (including phenoxy) is 1. The second-order valence-corrected chi connectivity index (χ2v) is 5.61. The number of halogens is 1. The van der Waals surface area contributed by atoms with Gasteiger partial charge in [0.1, 0.15) is 5.75 Å². The van der Waals surface area contributed by atoms with E-state index in [1.807, 2.05) is 30.3 Å². The van der Waals surface area contributed by atoms with Gasteiger partial charge in [-0.3, -0.25) is 0 Å². The van der Waals surface area contributed by atoms with E-state index in [0.29, 0.717) is 0 Å². The predicted octanol–water partition coefficient (Wildman–Crippen LogP) is 5.05. The summed E-state index contributed by atoms with van der Waals surface area (Å²) in [6.07, 6.45) is 2.07. The van der Waals surface area contributed by atoms with Crippen molar-refractivity contribution in [3.05, 3.63) is 59.2 Å². The van der Waals surface area contributed by atoms with Crippen molar-refractivity contribution in [2.45, 2.75) is 17.2 Å². The van der Waals surface area contributed by atoms with Crippen LogP contribution in [0.4, 0.5) is 0 Å². The normalized spacial score (nSPS) is 12.2. The maximum Gasteiger partial charge on any atom is 0.119 e. The third kappa shape index (κ3) is 3.07. The van der Waals surface area contributed by atoms with Crippen LogP contribution in [-0.4, -0.2) is 13.4 Å². The van der Waals surface area contributed by atoms with E-state index in [0.717, 1.165) is 22.4 Å². The quantitative estimate of drug-likeness (QED) is 0.576. The maximum absolute atomic E-state index is 6.66. The number of hydrogen-bond donors (Lipinski definition) is 0. The predicted molar refractivity (Wildman–Crippen MR) is 83.7 cm³/mol. The number of hydrogen-bond acceptors (Lipinski definition) is 2. The molecule has 0 fully saturated rings. The zero-order chi connectivity index (χ0) is 13.8. The Morgan fingerprint density at radius 2 is 1.84 bits per heavy atom. The van der Waals surface area contributed by atoms with Crippen molar-refractivity contribution in [3.8, 4) is 5.75 Å². The molecule has 0 radical (unpaired) electrons. The van der Waals surface area contributed by atoms with E-state index in [9.17, 15) is 0 Å². The van der Waals surface area contributed by atoms with Gasteiger partial charge in [0.25, 0.3) is 0 Å². The van der Waals surface area contributed by atoms with Gasteiger partial charge in [-0.2, -0.15) is 0 Å². The number of methoxy groups -OCH3 is 1. The molecule has 2 aromatic rings. The summed E-state index contributed by atoms with van der Waals surface area (Å²) in [4.78, 5) is 1.22. The zero-order valence-electron chi connectivity index (χ0n) is 11.3. The third-order valence-electron chi connectivity index (χ3n) is 3.16. The largest absolute Gasteiger partial charge is 0.497 e. The van der Waals surface area contributed by atoms with Crippen LogP contribution in [0, 0.1) is 6.92 Å². The van der Waals surface area contributed by atoms with Crippen molar-refractivity contribution in [2.24, 2.45) is 0 Å². The van der Waals surface area contributed by atoms with Crippen LogP contribution < -0.4 is 4.74 Å². The Hall–Kier alpha value is -1.12. The van der Waals surface area contributed by atoms with E-state index in [1.165, 1.54) is 4.90 Å². The first-order chi connectivity index (χ1) is 9.17. The molecule has 0 aliphatic carbocycles. The van der Waals surface area contributed by atoms with E-state index in [4.69, 9.17) is 16.3 Å². The fourth-order valence-corrected chi connectivity index (χ4v) is 3.24. The van der Waals surface area contributed by atoms with Gasteiger partial charge in [0.2, 0.25) is 0 Å². The number of benzene rings is 2.